The minimum absolute atomic E-state index is 0.0680. The Labute approximate surface area is 179 Å². The van der Waals surface area contributed by atoms with Gasteiger partial charge in [0.25, 0.3) is 0 Å². The Balaban J connectivity index is 2.03. The monoisotopic (exact) mass is 430 g/mol. The first-order valence-corrected chi connectivity index (χ1v) is 9.45. The number of alkyl carbamates (subject to hydrolysis) is 1. The van der Waals surface area contributed by atoms with Crippen molar-refractivity contribution in [2.45, 2.75) is 18.9 Å². The van der Waals surface area contributed by atoms with Gasteiger partial charge in [-0.3, -0.25) is 4.79 Å². The van der Waals surface area contributed by atoms with Gasteiger partial charge in [0.15, 0.2) is 11.6 Å². The molecule has 1 aromatic heterocycles. The van der Waals surface area contributed by atoms with Crippen LogP contribution in [0.4, 0.5) is 27.8 Å². The first kappa shape index (κ1) is 23.5. The highest BCUT2D eigenvalue weighted by Gasteiger charge is 2.14. The van der Waals surface area contributed by atoms with Crippen molar-refractivity contribution in [1.82, 2.24) is 10.3 Å². The largest absolute Gasteiger partial charge is 0.455 e. The lowest BCUT2D eigenvalue weighted by Gasteiger charge is -2.11. The summed E-state index contributed by atoms with van der Waals surface area (Å²) in [6.45, 7) is 0.166. The van der Waals surface area contributed by atoms with E-state index in [4.69, 9.17) is 26.7 Å². The summed E-state index contributed by atoms with van der Waals surface area (Å²) in [6, 6.07) is 9.21. The number of azo groups is 1. The van der Waals surface area contributed by atoms with E-state index in [0.717, 1.165) is 0 Å². The van der Waals surface area contributed by atoms with Crippen LogP contribution >= 0.6 is 0 Å². The van der Waals surface area contributed by atoms with Gasteiger partial charge in [0.05, 0.1) is 6.04 Å². The van der Waals surface area contributed by atoms with Crippen LogP contribution in [0.3, 0.4) is 0 Å². The summed E-state index contributed by atoms with van der Waals surface area (Å²) in [5.74, 6) is 0.301. The maximum atomic E-state index is 12.1. The molecule has 0 fully saturated rings. The van der Waals surface area contributed by atoms with E-state index in [1.165, 1.54) is 13.1 Å². The Morgan fingerprint density at radius 3 is 2.61 bits per heavy atom. The van der Waals surface area contributed by atoms with Gasteiger partial charge in [0.2, 0.25) is 12.7 Å². The van der Waals surface area contributed by atoms with Crippen LogP contribution in [-0.2, 0) is 9.53 Å². The molecule has 0 aliphatic rings. The van der Waals surface area contributed by atoms with Crippen LogP contribution in [0.2, 0.25) is 0 Å². The highest BCUT2D eigenvalue weighted by atomic mass is 16.7. The molecule has 166 valence electrons. The second kappa shape index (κ2) is 12.0. The molecular weight excluding hydrogens is 404 g/mol. The van der Waals surface area contributed by atoms with Crippen molar-refractivity contribution in [3.63, 3.8) is 0 Å². The first-order valence-electron chi connectivity index (χ1n) is 9.45. The normalized spacial score (nSPS) is 11.7. The number of nitrogen functional groups attached to an aromatic ring is 1. The maximum absolute atomic E-state index is 12.1. The Kier molecular flexibility index (Phi) is 9.13. The molecule has 1 heterocycles. The van der Waals surface area contributed by atoms with Crippen molar-refractivity contribution in [3.05, 3.63) is 36.4 Å². The number of hydrogen-bond acceptors (Lipinski definition) is 10. The van der Waals surface area contributed by atoms with E-state index >= 15 is 0 Å². The van der Waals surface area contributed by atoms with E-state index in [9.17, 15) is 9.59 Å². The van der Waals surface area contributed by atoms with Crippen LogP contribution in [0.15, 0.2) is 46.6 Å². The molecule has 1 aromatic carbocycles. The standard InChI is InChI=1S/C19H26N8O4/c1-23-19(29)31-11-30-15-7-3-2-6-13(15)26-27-14-8-9-16(24-17(14)22)25-18(28)12(21)5-4-10-20/h2-3,6-9,12H,4-5,10-11,20-21H2,1H3,(H,23,29)(H3,22,24,25,28)/t12-/m0/s1. The SMILES string of the molecule is CNC(=O)OCOc1ccccc1N=Nc1ccc(NC(=O)[C@@H](N)CCCN)nc1N. The second-order valence-electron chi connectivity index (χ2n) is 6.24. The molecule has 0 radical (unpaired) electrons. The number of ether oxygens (including phenoxy) is 2. The smallest absolute Gasteiger partial charge is 0.409 e. The van der Waals surface area contributed by atoms with Gasteiger partial charge in [-0.2, -0.15) is 0 Å². The lowest BCUT2D eigenvalue weighted by atomic mass is 10.1. The molecule has 1 atom stereocenters. The molecular formula is C19H26N8O4. The van der Waals surface area contributed by atoms with E-state index in [1.807, 2.05) is 0 Å². The Bertz CT molecular complexity index is 922. The Morgan fingerprint density at radius 1 is 1.16 bits per heavy atom. The number of aromatic nitrogens is 1. The number of carbonyl (C=O) groups is 2. The number of amides is 2. The molecule has 2 rings (SSSR count). The molecule has 0 bridgehead atoms. The van der Waals surface area contributed by atoms with E-state index < -0.39 is 12.1 Å². The van der Waals surface area contributed by atoms with Crippen molar-refractivity contribution in [1.29, 1.82) is 0 Å². The van der Waals surface area contributed by atoms with Crippen molar-refractivity contribution < 1.29 is 19.1 Å². The van der Waals surface area contributed by atoms with Crippen LogP contribution in [0.25, 0.3) is 0 Å². The Hall–Kier alpha value is -3.77. The minimum atomic E-state index is -0.685. The third-order valence-electron chi connectivity index (χ3n) is 3.95. The fraction of sp³-hybridized carbons (Fsp3) is 0.316. The van der Waals surface area contributed by atoms with Crippen LogP contribution in [0.1, 0.15) is 12.8 Å². The van der Waals surface area contributed by atoms with Crippen LogP contribution in [0, 0.1) is 0 Å². The van der Waals surface area contributed by atoms with E-state index in [1.54, 1.807) is 30.3 Å². The number of hydrogen-bond donors (Lipinski definition) is 5. The molecule has 0 saturated heterocycles. The fourth-order valence-corrected chi connectivity index (χ4v) is 2.30. The van der Waals surface area contributed by atoms with Gasteiger partial charge in [-0.1, -0.05) is 12.1 Å². The number of nitrogens with two attached hydrogens (primary N) is 3. The summed E-state index contributed by atoms with van der Waals surface area (Å²) in [4.78, 5) is 27.3. The van der Waals surface area contributed by atoms with Crippen LogP contribution in [0.5, 0.6) is 5.75 Å². The zero-order valence-electron chi connectivity index (χ0n) is 17.1. The lowest BCUT2D eigenvalue weighted by molar-refractivity contribution is -0.117. The van der Waals surface area contributed by atoms with Gasteiger partial charge in [0, 0.05) is 7.05 Å². The average molecular weight is 430 g/mol. The number of benzene rings is 1. The molecule has 0 unspecified atom stereocenters. The minimum Gasteiger partial charge on any atom is -0.455 e. The van der Waals surface area contributed by atoms with E-state index in [2.05, 4.69) is 25.8 Å². The predicted octanol–water partition coefficient (Wildman–Crippen LogP) is 1.78. The van der Waals surface area contributed by atoms with Gasteiger partial charge in [-0.15, -0.1) is 10.2 Å². The zero-order chi connectivity index (χ0) is 22.6. The fourth-order valence-electron chi connectivity index (χ4n) is 2.30. The van der Waals surface area contributed by atoms with Gasteiger partial charge in [-0.25, -0.2) is 9.78 Å². The third-order valence-corrected chi connectivity index (χ3v) is 3.95. The molecule has 0 spiro atoms. The Morgan fingerprint density at radius 2 is 1.90 bits per heavy atom. The molecule has 12 nitrogen and oxygen atoms in total. The number of anilines is 2. The van der Waals surface area contributed by atoms with E-state index in [-0.39, 0.29) is 24.3 Å². The van der Waals surface area contributed by atoms with Crippen LogP contribution in [-0.4, -0.2) is 43.4 Å². The molecule has 0 aliphatic carbocycles. The molecule has 2 aromatic rings. The van der Waals surface area contributed by atoms with Crippen molar-refractivity contribution in [2.24, 2.45) is 21.7 Å². The molecule has 31 heavy (non-hydrogen) atoms. The zero-order valence-corrected chi connectivity index (χ0v) is 17.1. The predicted molar refractivity (Wildman–Crippen MR) is 115 cm³/mol. The quantitative estimate of drug-likeness (QED) is 0.278. The number of carbonyl (C=O) groups excluding carboxylic acids is 2. The average Bonchev–Trinajstić information content (AvgIpc) is 2.77. The second-order valence-corrected chi connectivity index (χ2v) is 6.24. The molecule has 12 heteroatoms. The number of pyridine rings is 1. The van der Waals surface area contributed by atoms with Gasteiger partial charge >= 0.3 is 6.09 Å². The number of para-hydroxylation sites is 1. The third kappa shape index (κ3) is 7.53. The summed E-state index contributed by atoms with van der Waals surface area (Å²) < 4.78 is 10.2. The number of nitrogens with one attached hydrogen (secondary N) is 2. The summed E-state index contributed by atoms with van der Waals surface area (Å²) in [7, 11) is 1.44. The molecule has 8 N–H and O–H groups in total. The molecule has 2 amide bonds. The van der Waals surface area contributed by atoms with Crippen molar-refractivity contribution in [3.8, 4) is 5.75 Å². The van der Waals surface area contributed by atoms with Gasteiger partial charge in [-0.05, 0) is 43.7 Å². The highest BCUT2D eigenvalue weighted by molar-refractivity contribution is 5.94. The summed E-state index contributed by atoms with van der Waals surface area (Å²) >= 11 is 0. The maximum Gasteiger partial charge on any atom is 0.409 e. The lowest BCUT2D eigenvalue weighted by Crippen LogP contribution is -2.36. The van der Waals surface area contributed by atoms with E-state index in [0.29, 0.717) is 36.5 Å². The number of rotatable bonds is 10. The van der Waals surface area contributed by atoms with Gasteiger partial charge < -0.3 is 37.3 Å². The first-order chi connectivity index (χ1) is 14.9. The topological polar surface area (TPSA) is 192 Å². The molecule has 0 aliphatic heterocycles. The summed E-state index contributed by atoms with van der Waals surface area (Å²) in [5, 5.41) is 13.1. The number of nitrogens with zero attached hydrogens (tertiary/aromatic N) is 3. The molecule has 0 saturated carbocycles. The van der Waals surface area contributed by atoms with Crippen LogP contribution < -0.4 is 32.6 Å². The summed E-state index contributed by atoms with van der Waals surface area (Å²) in [5.41, 5.74) is 17.8. The van der Waals surface area contributed by atoms with Crippen molar-refractivity contribution >= 4 is 35.0 Å². The van der Waals surface area contributed by atoms with Gasteiger partial charge in [0.1, 0.15) is 17.2 Å². The summed E-state index contributed by atoms with van der Waals surface area (Å²) in [6.07, 6.45) is 0.497. The highest BCUT2D eigenvalue weighted by Crippen LogP contribution is 2.30. The van der Waals surface area contributed by atoms with Crippen molar-refractivity contribution in [2.75, 3.05) is 31.4 Å².